The zero-order valence-corrected chi connectivity index (χ0v) is 14.5. The van der Waals surface area contributed by atoms with E-state index in [-0.39, 0.29) is 0 Å². The van der Waals surface area contributed by atoms with E-state index in [2.05, 4.69) is 38.5 Å². The quantitative estimate of drug-likeness (QED) is 0.677. The van der Waals surface area contributed by atoms with Crippen LogP contribution in [0.15, 0.2) is 40.9 Å². The zero-order valence-electron chi connectivity index (χ0n) is 10.0. The molecule has 0 heterocycles. The molecule has 0 saturated heterocycles. The summed E-state index contributed by atoms with van der Waals surface area (Å²) in [5.41, 5.74) is 1.59. The number of aliphatic hydroxyl groups excluding tert-OH is 1. The average Bonchev–Trinajstić information content (AvgIpc) is 2.41. The van der Waals surface area contributed by atoms with E-state index in [1.165, 1.54) is 0 Å². The van der Waals surface area contributed by atoms with Crippen LogP contribution in [0.3, 0.4) is 0 Å². The molecule has 0 aliphatic carbocycles. The van der Waals surface area contributed by atoms with Crippen molar-refractivity contribution in [1.29, 1.82) is 0 Å². The predicted molar refractivity (Wildman–Crippen MR) is 88.9 cm³/mol. The molecule has 1 N–H and O–H groups in total. The molecule has 0 aliphatic rings. The van der Waals surface area contributed by atoms with Crippen molar-refractivity contribution in [3.05, 3.63) is 60.6 Å². The summed E-state index contributed by atoms with van der Waals surface area (Å²) in [6.45, 7) is 0. The summed E-state index contributed by atoms with van der Waals surface area (Å²) < 4.78 is 7.11. The first-order valence-electron chi connectivity index (χ1n) is 5.49. The molecular weight excluding hydrogens is 442 g/mol. The van der Waals surface area contributed by atoms with E-state index in [1.807, 2.05) is 18.2 Å². The third-order valence-electron chi connectivity index (χ3n) is 2.74. The van der Waals surface area contributed by atoms with Crippen LogP contribution in [-0.2, 0) is 0 Å². The summed E-state index contributed by atoms with van der Waals surface area (Å²) in [5, 5.41) is 11.0. The van der Waals surface area contributed by atoms with Gasteiger partial charge in [-0.05, 0) is 64.0 Å². The normalized spacial score (nSPS) is 12.3. The molecule has 0 spiro atoms. The summed E-state index contributed by atoms with van der Waals surface area (Å²) in [6, 6.07) is 11.1. The second kappa shape index (κ2) is 6.43. The number of methoxy groups -OCH3 is 1. The van der Waals surface area contributed by atoms with Crippen LogP contribution in [0.2, 0.25) is 5.02 Å². The molecule has 2 rings (SSSR count). The highest BCUT2D eigenvalue weighted by atomic mass is 127. The number of hydrogen-bond donors (Lipinski definition) is 1. The van der Waals surface area contributed by atoms with Gasteiger partial charge < -0.3 is 9.84 Å². The Morgan fingerprint density at radius 3 is 2.68 bits per heavy atom. The molecule has 0 radical (unpaired) electrons. The topological polar surface area (TPSA) is 29.5 Å². The summed E-state index contributed by atoms with van der Waals surface area (Å²) in [4.78, 5) is 0. The maximum absolute atomic E-state index is 10.5. The number of halogens is 3. The average molecular weight is 454 g/mol. The van der Waals surface area contributed by atoms with Crippen molar-refractivity contribution in [3.8, 4) is 5.75 Å². The Morgan fingerprint density at radius 2 is 2.00 bits per heavy atom. The molecule has 1 unspecified atom stereocenters. The molecule has 2 aromatic rings. The highest BCUT2D eigenvalue weighted by Crippen LogP contribution is 2.33. The SMILES string of the molecule is COc1cc(C(O)c2cc(Br)ccc2I)ccc1Cl. The van der Waals surface area contributed by atoms with Crippen LogP contribution in [0.1, 0.15) is 17.2 Å². The Kier molecular flexibility index (Phi) is 5.11. The number of ether oxygens (including phenoxy) is 1. The Bertz CT molecular complexity index is 604. The highest BCUT2D eigenvalue weighted by molar-refractivity contribution is 14.1. The van der Waals surface area contributed by atoms with Gasteiger partial charge in [-0.25, -0.2) is 0 Å². The van der Waals surface area contributed by atoms with Gasteiger partial charge in [0.1, 0.15) is 11.9 Å². The summed E-state index contributed by atoms with van der Waals surface area (Å²) in [7, 11) is 1.56. The first kappa shape index (κ1) is 15.1. The third-order valence-corrected chi connectivity index (χ3v) is 4.53. The largest absolute Gasteiger partial charge is 0.495 e. The monoisotopic (exact) mass is 452 g/mol. The van der Waals surface area contributed by atoms with Crippen LogP contribution in [0, 0.1) is 3.57 Å². The van der Waals surface area contributed by atoms with Crippen molar-refractivity contribution in [2.75, 3.05) is 7.11 Å². The minimum absolute atomic E-state index is 0.530. The lowest BCUT2D eigenvalue weighted by Gasteiger charge is -2.15. The van der Waals surface area contributed by atoms with Gasteiger partial charge >= 0.3 is 0 Å². The van der Waals surface area contributed by atoms with Gasteiger partial charge in [-0.1, -0.05) is 33.6 Å². The molecule has 2 nitrogen and oxygen atoms in total. The molecule has 0 amide bonds. The molecule has 19 heavy (non-hydrogen) atoms. The number of hydrogen-bond acceptors (Lipinski definition) is 2. The highest BCUT2D eigenvalue weighted by Gasteiger charge is 2.15. The predicted octanol–water partition coefficient (Wildman–Crippen LogP) is 4.80. The molecule has 0 saturated carbocycles. The first-order valence-corrected chi connectivity index (χ1v) is 7.74. The number of aliphatic hydroxyl groups is 1. The van der Waals surface area contributed by atoms with E-state index >= 15 is 0 Å². The second-order valence-electron chi connectivity index (χ2n) is 3.96. The Labute approximate surface area is 139 Å². The van der Waals surface area contributed by atoms with Crippen LogP contribution in [0.25, 0.3) is 0 Å². The van der Waals surface area contributed by atoms with Gasteiger partial charge in [0, 0.05) is 8.04 Å². The summed E-state index contributed by atoms with van der Waals surface area (Å²) in [5.74, 6) is 0.559. The lowest BCUT2D eigenvalue weighted by atomic mass is 10.0. The molecule has 0 bridgehead atoms. The van der Waals surface area contributed by atoms with E-state index in [1.54, 1.807) is 25.3 Å². The lowest BCUT2D eigenvalue weighted by Crippen LogP contribution is -2.02. The van der Waals surface area contributed by atoms with Crippen molar-refractivity contribution in [1.82, 2.24) is 0 Å². The van der Waals surface area contributed by atoms with Gasteiger partial charge in [0.2, 0.25) is 0 Å². The van der Waals surface area contributed by atoms with Gasteiger partial charge in [-0.15, -0.1) is 0 Å². The van der Waals surface area contributed by atoms with Gasteiger partial charge in [0.25, 0.3) is 0 Å². The molecular formula is C14H11BrClIO2. The lowest BCUT2D eigenvalue weighted by molar-refractivity contribution is 0.219. The van der Waals surface area contributed by atoms with Crippen molar-refractivity contribution >= 4 is 50.1 Å². The molecule has 0 aromatic heterocycles. The van der Waals surface area contributed by atoms with Crippen molar-refractivity contribution in [3.63, 3.8) is 0 Å². The fraction of sp³-hybridized carbons (Fsp3) is 0.143. The fourth-order valence-corrected chi connectivity index (χ4v) is 2.95. The summed E-state index contributed by atoms with van der Waals surface area (Å²) in [6.07, 6.45) is -0.712. The molecule has 0 fully saturated rings. The smallest absolute Gasteiger partial charge is 0.137 e. The minimum Gasteiger partial charge on any atom is -0.495 e. The van der Waals surface area contributed by atoms with E-state index in [0.717, 1.165) is 19.2 Å². The van der Waals surface area contributed by atoms with Crippen molar-refractivity contribution < 1.29 is 9.84 Å². The van der Waals surface area contributed by atoms with E-state index in [0.29, 0.717) is 10.8 Å². The fourth-order valence-electron chi connectivity index (χ4n) is 1.75. The van der Waals surface area contributed by atoms with Crippen LogP contribution in [0.5, 0.6) is 5.75 Å². The number of benzene rings is 2. The molecule has 0 aliphatic heterocycles. The van der Waals surface area contributed by atoms with Crippen molar-refractivity contribution in [2.24, 2.45) is 0 Å². The standard InChI is InChI=1S/C14H11BrClIO2/c1-19-13-6-8(2-4-11(13)16)14(18)10-7-9(15)3-5-12(10)17/h2-7,14,18H,1H3. The van der Waals surface area contributed by atoms with Gasteiger partial charge in [0.05, 0.1) is 12.1 Å². The maximum atomic E-state index is 10.5. The second-order valence-corrected chi connectivity index (χ2v) is 6.45. The third kappa shape index (κ3) is 3.42. The minimum atomic E-state index is -0.712. The van der Waals surface area contributed by atoms with Crippen LogP contribution in [0.4, 0.5) is 0 Å². The Morgan fingerprint density at radius 1 is 1.26 bits per heavy atom. The summed E-state index contributed by atoms with van der Waals surface area (Å²) >= 11 is 11.6. The zero-order chi connectivity index (χ0) is 14.0. The van der Waals surface area contributed by atoms with E-state index in [4.69, 9.17) is 16.3 Å². The van der Waals surface area contributed by atoms with Crippen LogP contribution < -0.4 is 4.74 Å². The Hall–Kier alpha value is -0.300. The first-order chi connectivity index (χ1) is 9.02. The van der Waals surface area contributed by atoms with Gasteiger partial charge in [-0.2, -0.15) is 0 Å². The Balaban J connectivity index is 2.43. The van der Waals surface area contributed by atoms with E-state index < -0.39 is 6.10 Å². The van der Waals surface area contributed by atoms with Crippen LogP contribution >= 0.6 is 50.1 Å². The van der Waals surface area contributed by atoms with Crippen molar-refractivity contribution in [2.45, 2.75) is 6.10 Å². The maximum Gasteiger partial charge on any atom is 0.137 e. The molecule has 2 aromatic carbocycles. The molecule has 100 valence electrons. The van der Waals surface area contributed by atoms with Crippen LogP contribution in [-0.4, -0.2) is 12.2 Å². The molecule has 5 heteroatoms. The van der Waals surface area contributed by atoms with Gasteiger partial charge in [-0.3, -0.25) is 0 Å². The molecule has 1 atom stereocenters. The number of rotatable bonds is 3. The van der Waals surface area contributed by atoms with Gasteiger partial charge in [0.15, 0.2) is 0 Å². The van der Waals surface area contributed by atoms with E-state index in [9.17, 15) is 5.11 Å².